The predicted molar refractivity (Wildman–Crippen MR) is 335 cm³/mol. The zero-order valence-electron chi connectivity index (χ0n) is 29.7. The third-order valence-corrected chi connectivity index (χ3v) is 43.3. The van der Waals surface area contributed by atoms with Gasteiger partial charge in [0, 0.05) is 0 Å². The van der Waals surface area contributed by atoms with E-state index in [9.17, 15) is 13.0 Å². The first-order valence-electron chi connectivity index (χ1n) is 14.5. The normalized spacial score (nSPS) is 17.5. The van der Waals surface area contributed by atoms with Crippen LogP contribution in [0.3, 0.4) is 0 Å². The number of hydrogen-bond acceptors (Lipinski definition) is 2. The van der Waals surface area contributed by atoms with E-state index in [1.807, 2.05) is 0 Å². The molecule has 0 aromatic heterocycles. The van der Waals surface area contributed by atoms with Crippen molar-refractivity contribution in [2.75, 3.05) is 0 Å². The second kappa shape index (κ2) is 24.5. The molecule has 0 aromatic rings. The number of alkyl halides is 45. The first kappa shape index (κ1) is 84.0. The molecule has 0 heterocycles. The summed E-state index contributed by atoms with van der Waals surface area (Å²) in [5.41, 5.74) is 0. The van der Waals surface area contributed by atoms with Gasteiger partial charge in [0.05, 0.1) is 0 Å². The van der Waals surface area contributed by atoms with Crippen LogP contribution in [0, 0.1) is 0 Å². The summed E-state index contributed by atoms with van der Waals surface area (Å²) in [5.74, 6) is 0. The van der Waals surface area contributed by atoms with E-state index in [4.69, 9.17) is 522 Å². The monoisotopic (exact) mass is 1920 g/mol. The third-order valence-electron chi connectivity index (χ3n) is 8.54. The van der Waals surface area contributed by atoms with Crippen LogP contribution in [0.15, 0.2) is 0 Å². The number of hydrogen-bond donors (Lipinski definition) is 1. The van der Waals surface area contributed by atoms with E-state index in [1.165, 1.54) is 0 Å². The van der Waals surface area contributed by atoms with Crippen molar-refractivity contribution in [3.8, 4) is 0 Å². The smallest absolute Gasteiger partial charge is 0.283 e. The highest BCUT2D eigenvalue weighted by atomic mass is 35.6. The topological polar surface area (TPSA) is 54.4 Å². The molecule has 0 amide bonds. The largest absolute Gasteiger partial charge is 0.302 e. The first-order valence-corrected chi connectivity index (χ1v) is 32.9. The lowest BCUT2D eigenvalue weighted by atomic mass is 9.95. The molecule has 0 unspecified atom stereocenters. The van der Waals surface area contributed by atoms with Crippen LogP contribution < -0.4 is 0 Å². The molecule has 0 aromatic carbocycles. The summed E-state index contributed by atoms with van der Waals surface area (Å²) < 4.78 is -48.6. The zero-order valence-corrected chi connectivity index (χ0v) is 64.5. The first-order chi connectivity index (χ1) is 29.5. The minimum atomic E-state index is -5.86. The fourth-order valence-corrected chi connectivity index (χ4v) is 20.7. The molecule has 0 aliphatic carbocycles. The molecule has 0 saturated carbocycles. The van der Waals surface area contributed by atoms with E-state index in [-0.39, 0.29) is 0 Å². The Morgan fingerprint density at radius 2 is 0.254 bits per heavy atom. The SMILES string of the molecule is O=S(=O)(O)C(Cl)(Cl)C(Cl)(Cl)C(Cl)(Cl)C(Cl)(Cl)C(Cl)(Cl)C(Cl)(Cl)C(Cl)(Cl)C(Cl)(Cl)C(Cl)(Cl)C(Cl)(Cl)C(Cl)(Cl)C(Cl)(Cl)C(Cl)(Cl)C(Cl)(Cl)C(Cl)(Cl)C(Cl)(Cl)C(Cl)(Cl)C(Cl)(Cl)C(Cl)(Cl)C(Cl)(Cl)C(Cl)(Cl)C(Cl)(Cl)Cl. The van der Waals surface area contributed by atoms with Crippen molar-refractivity contribution in [2.45, 2.75) is 94.1 Å². The maximum absolute atomic E-state index is 12.1. The molecule has 0 aliphatic rings. The van der Waals surface area contributed by atoms with Crippen LogP contribution in [0.2, 0.25) is 0 Å². The van der Waals surface area contributed by atoms with Gasteiger partial charge in [-0.15, -0.1) is 0 Å². The van der Waals surface area contributed by atoms with Crippen molar-refractivity contribution in [2.24, 2.45) is 0 Å². The van der Waals surface area contributed by atoms with Crippen LogP contribution >= 0.6 is 522 Å². The molecule has 0 radical (unpaired) electrons. The van der Waals surface area contributed by atoms with Crippen molar-refractivity contribution >= 4 is 532 Å². The van der Waals surface area contributed by atoms with Gasteiger partial charge in [0.2, 0.25) is 12.5 Å². The summed E-state index contributed by atoms with van der Waals surface area (Å²) in [6.45, 7) is 0. The lowest BCUT2D eigenvalue weighted by Gasteiger charge is -2.59. The molecule has 0 rings (SSSR count). The van der Waals surface area contributed by atoms with Gasteiger partial charge in [-0.05, 0) is 0 Å². The number of rotatable bonds is 21. The standard InChI is InChI=1S/C22HCl45O3S/c23-1(24,3(27,28)5(31,32)7(35,36)9(39,40)11(43,44)13(47,48)15(51,52)17(55,56)19(59,60)21(63,64)65)2(25,26)4(29,30)6(33,34)8(37,38)10(41,42)12(45,46)14(49,50)16(53,54)18(57,58)20(61,62)22(66,67)71(68,69)70/h(H,68,69,70). The predicted octanol–water partition coefficient (Wildman–Crippen LogP) is 25.9. The summed E-state index contributed by atoms with van der Waals surface area (Å²) >= 11 is 288. The molecule has 1 N–H and O–H groups in total. The van der Waals surface area contributed by atoms with Crippen LogP contribution in [-0.2, 0) is 10.1 Å². The second-order valence-electron chi connectivity index (χ2n) is 13.0. The van der Waals surface area contributed by atoms with Crippen molar-refractivity contribution < 1.29 is 13.0 Å². The van der Waals surface area contributed by atoms with Crippen LogP contribution in [0.5, 0.6) is 0 Å². The average Bonchev–Trinajstić information content (AvgIpc) is 3.11. The quantitative estimate of drug-likeness (QED) is 0.0920. The van der Waals surface area contributed by atoms with Crippen molar-refractivity contribution in [1.82, 2.24) is 0 Å². The van der Waals surface area contributed by atoms with Gasteiger partial charge in [-0.1, -0.05) is 522 Å². The zero-order chi connectivity index (χ0) is 59.5. The Balaban J connectivity index is 8.15. The molecule has 428 valence electrons. The van der Waals surface area contributed by atoms with E-state index in [1.54, 1.807) is 0 Å². The molecule has 0 spiro atoms. The van der Waals surface area contributed by atoms with Gasteiger partial charge in [-0.2, -0.15) is 8.42 Å². The van der Waals surface area contributed by atoms with E-state index >= 15 is 0 Å². The van der Waals surface area contributed by atoms with Crippen molar-refractivity contribution in [1.29, 1.82) is 0 Å². The van der Waals surface area contributed by atoms with E-state index < -0.39 is 104 Å². The van der Waals surface area contributed by atoms with Gasteiger partial charge >= 0.3 is 10.1 Å². The highest BCUT2D eigenvalue weighted by Gasteiger charge is 2.90. The van der Waals surface area contributed by atoms with Crippen LogP contribution in [0.1, 0.15) is 0 Å². The maximum atomic E-state index is 12.1. The Hall–Kier alpha value is 13.0. The summed E-state index contributed by atoms with van der Waals surface area (Å²) in [7, 11) is -5.86. The molecule has 0 atom stereocenters. The average molecular weight is 1940 g/mol. The Morgan fingerprint density at radius 1 is 0.169 bits per heavy atom. The highest BCUT2D eigenvalue weighted by molar-refractivity contribution is 7.90. The molecule has 0 aliphatic heterocycles. The summed E-state index contributed by atoms with van der Waals surface area (Å²) in [5, 5.41) is 0. The fourth-order valence-electron chi connectivity index (χ4n) is 4.07. The Morgan fingerprint density at radius 3 is 0.338 bits per heavy atom. The second-order valence-corrected chi connectivity index (χ2v) is 45.1. The minimum absolute atomic E-state index is 2.94. The van der Waals surface area contributed by atoms with Crippen LogP contribution in [-0.4, -0.2) is 107 Å². The van der Waals surface area contributed by atoms with Gasteiger partial charge in [0.1, 0.15) is 0 Å². The highest BCUT2D eigenvalue weighted by Crippen LogP contribution is 2.80. The Bertz CT molecular complexity index is 2080. The van der Waals surface area contributed by atoms with Gasteiger partial charge in [0.25, 0.3) is 3.67 Å². The molecular formula is C22HCl45O3S. The van der Waals surface area contributed by atoms with E-state index in [2.05, 4.69) is 0 Å². The molecule has 49 heteroatoms. The Labute approximate surface area is 628 Å². The summed E-state index contributed by atoms with van der Waals surface area (Å²) in [6, 6.07) is 0. The van der Waals surface area contributed by atoms with Gasteiger partial charge in [-0.3, -0.25) is 4.55 Å². The van der Waals surface area contributed by atoms with Crippen LogP contribution in [0.4, 0.5) is 0 Å². The molecule has 0 saturated heterocycles. The number of halogens is 45. The van der Waals surface area contributed by atoms with E-state index in [0.717, 1.165) is 0 Å². The van der Waals surface area contributed by atoms with E-state index in [0.29, 0.717) is 0 Å². The molecule has 0 bridgehead atoms. The van der Waals surface area contributed by atoms with Gasteiger partial charge in [-0.25, -0.2) is 0 Å². The molecule has 71 heavy (non-hydrogen) atoms. The molecule has 0 fully saturated rings. The maximum Gasteiger partial charge on any atom is 0.302 e. The van der Waals surface area contributed by atoms with Crippen molar-refractivity contribution in [3.63, 3.8) is 0 Å². The third kappa shape index (κ3) is 12.2. The fraction of sp³-hybridized carbons (Fsp3) is 1.00. The van der Waals surface area contributed by atoms with Gasteiger partial charge in [0.15, 0.2) is 78.0 Å². The molecular weight excluding hydrogens is 1940 g/mol. The summed E-state index contributed by atoms with van der Waals surface area (Å²) in [4.78, 5) is 0. The lowest BCUT2D eigenvalue weighted by molar-refractivity contribution is 0.384. The lowest BCUT2D eigenvalue weighted by Crippen LogP contribution is -2.77. The van der Waals surface area contributed by atoms with Crippen molar-refractivity contribution in [3.05, 3.63) is 0 Å². The summed E-state index contributed by atoms with van der Waals surface area (Å²) in [6.07, 6.45) is 0. The Kier molecular flexibility index (Phi) is 28.9. The minimum Gasteiger partial charge on any atom is -0.283 e. The van der Waals surface area contributed by atoms with Crippen LogP contribution in [0.25, 0.3) is 0 Å². The molecule has 3 nitrogen and oxygen atoms in total. The van der Waals surface area contributed by atoms with Gasteiger partial charge < -0.3 is 0 Å².